The smallest absolute Gasteiger partial charge is 0.0925 e. The van der Waals surface area contributed by atoms with Gasteiger partial charge in [0.25, 0.3) is 0 Å². The topological polar surface area (TPSA) is 27.1 Å². The van der Waals surface area contributed by atoms with Crippen LogP contribution < -0.4 is 0 Å². The van der Waals surface area contributed by atoms with Gasteiger partial charge >= 0.3 is 0 Å². The van der Waals surface area contributed by atoms with Crippen molar-refractivity contribution in [2.75, 3.05) is 13.1 Å². The molecular weight excluding hydrogens is 112 g/mol. The van der Waals surface area contributed by atoms with Gasteiger partial charge in [-0.25, -0.2) is 0 Å². The second-order valence-corrected chi connectivity index (χ2v) is 2.63. The molecular formula is C7H14N2. The average molecular weight is 126 g/mol. The number of rotatable bonds is 0. The van der Waals surface area contributed by atoms with E-state index in [4.69, 9.17) is 5.41 Å². The van der Waals surface area contributed by atoms with E-state index in [1.165, 1.54) is 19.3 Å². The molecule has 2 nitrogen and oxygen atoms in total. The molecule has 1 heterocycles. The third-order valence-electron chi connectivity index (χ3n) is 1.83. The molecule has 0 bridgehead atoms. The minimum atomic E-state index is 0.731. The molecule has 52 valence electrons. The Morgan fingerprint density at radius 2 is 1.78 bits per heavy atom. The highest BCUT2D eigenvalue weighted by Crippen LogP contribution is 2.07. The maximum absolute atomic E-state index is 7.31. The predicted molar refractivity (Wildman–Crippen MR) is 38.8 cm³/mol. The number of amidine groups is 1. The lowest BCUT2D eigenvalue weighted by Gasteiger charge is -2.27. The summed E-state index contributed by atoms with van der Waals surface area (Å²) in [6.07, 6.45) is 3.90. The van der Waals surface area contributed by atoms with Crippen molar-refractivity contribution in [3.05, 3.63) is 0 Å². The fraction of sp³-hybridized carbons (Fsp3) is 0.857. The molecule has 1 rings (SSSR count). The van der Waals surface area contributed by atoms with Crippen LogP contribution in [0.25, 0.3) is 0 Å². The summed E-state index contributed by atoms with van der Waals surface area (Å²) in [7, 11) is 0. The predicted octanol–water partition coefficient (Wildman–Crippen LogP) is 1.47. The first-order valence-corrected chi connectivity index (χ1v) is 3.61. The van der Waals surface area contributed by atoms with Gasteiger partial charge in [-0.3, -0.25) is 5.41 Å². The van der Waals surface area contributed by atoms with Crippen LogP contribution in [0.3, 0.4) is 0 Å². The van der Waals surface area contributed by atoms with Gasteiger partial charge in [0.2, 0.25) is 0 Å². The molecule has 1 fully saturated rings. The minimum Gasteiger partial charge on any atom is -0.361 e. The first-order valence-electron chi connectivity index (χ1n) is 3.61. The van der Waals surface area contributed by atoms with E-state index in [1.54, 1.807) is 0 Å². The summed E-state index contributed by atoms with van der Waals surface area (Å²) in [6.45, 7) is 4.08. The van der Waals surface area contributed by atoms with Gasteiger partial charge < -0.3 is 4.90 Å². The first kappa shape index (κ1) is 6.59. The van der Waals surface area contributed by atoms with Crippen molar-refractivity contribution in [1.82, 2.24) is 4.90 Å². The third kappa shape index (κ3) is 1.70. The standard InChI is InChI=1S/C7H14N2/c1-7(8)9-5-3-2-4-6-9/h8H,2-6H2,1H3. The quantitative estimate of drug-likeness (QED) is 0.386. The number of piperidine rings is 1. The molecule has 0 aromatic rings. The average Bonchev–Trinajstić information content (AvgIpc) is 1.90. The Bertz CT molecular complexity index is 103. The van der Waals surface area contributed by atoms with Gasteiger partial charge in [-0.2, -0.15) is 0 Å². The SMILES string of the molecule is CC(=N)N1CCCCC1. The molecule has 0 radical (unpaired) electrons. The molecule has 0 aromatic heterocycles. The fourth-order valence-corrected chi connectivity index (χ4v) is 1.23. The monoisotopic (exact) mass is 126 g/mol. The molecule has 1 saturated heterocycles. The Labute approximate surface area is 56.4 Å². The van der Waals surface area contributed by atoms with Crippen LogP contribution in [0.5, 0.6) is 0 Å². The van der Waals surface area contributed by atoms with Crippen LogP contribution in [0.2, 0.25) is 0 Å². The summed E-state index contributed by atoms with van der Waals surface area (Å²) < 4.78 is 0. The van der Waals surface area contributed by atoms with Crippen LogP contribution in [0.4, 0.5) is 0 Å². The zero-order valence-corrected chi connectivity index (χ0v) is 5.98. The maximum Gasteiger partial charge on any atom is 0.0925 e. The first-order chi connectivity index (χ1) is 4.30. The van der Waals surface area contributed by atoms with Crippen molar-refractivity contribution in [2.45, 2.75) is 26.2 Å². The zero-order chi connectivity index (χ0) is 6.69. The highest BCUT2D eigenvalue weighted by atomic mass is 15.2. The van der Waals surface area contributed by atoms with Gasteiger partial charge in [0.05, 0.1) is 5.84 Å². The molecule has 1 N–H and O–H groups in total. The van der Waals surface area contributed by atoms with Crippen LogP contribution >= 0.6 is 0 Å². The van der Waals surface area contributed by atoms with Gasteiger partial charge in [0.15, 0.2) is 0 Å². The Morgan fingerprint density at radius 1 is 1.22 bits per heavy atom. The van der Waals surface area contributed by atoms with E-state index in [9.17, 15) is 0 Å². The van der Waals surface area contributed by atoms with Crippen molar-refractivity contribution in [3.63, 3.8) is 0 Å². The Hall–Kier alpha value is -0.530. The maximum atomic E-state index is 7.31. The Morgan fingerprint density at radius 3 is 2.11 bits per heavy atom. The van der Waals surface area contributed by atoms with E-state index in [0.717, 1.165) is 18.9 Å². The van der Waals surface area contributed by atoms with Crippen LogP contribution in [-0.4, -0.2) is 23.8 Å². The van der Waals surface area contributed by atoms with E-state index in [2.05, 4.69) is 4.90 Å². The van der Waals surface area contributed by atoms with Crippen LogP contribution in [-0.2, 0) is 0 Å². The Balaban J connectivity index is 2.31. The van der Waals surface area contributed by atoms with Crippen molar-refractivity contribution in [2.24, 2.45) is 0 Å². The van der Waals surface area contributed by atoms with Gasteiger partial charge in [-0.05, 0) is 26.2 Å². The molecule has 0 saturated carbocycles. The lowest BCUT2D eigenvalue weighted by atomic mass is 10.1. The second-order valence-electron chi connectivity index (χ2n) is 2.63. The van der Waals surface area contributed by atoms with Gasteiger partial charge in [0.1, 0.15) is 0 Å². The molecule has 0 aromatic carbocycles. The Kier molecular flexibility index (Phi) is 2.09. The van der Waals surface area contributed by atoms with Crippen molar-refractivity contribution < 1.29 is 0 Å². The fourth-order valence-electron chi connectivity index (χ4n) is 1.23. The molecule has 0 atom stereocenters. The molecule has 0 spiro atoms. The lowest BCUT2D eigenvalue weighted by molar-refractivity contribution is 0.339. The zero-order valence-electron chi connectivity index (χ0n) is 5.98. The summed E-state index contributed by atoms with van der Waals surface area (Å²) >= 11 is 0. The van der Waals surface area contributed by atoms with Gasteiger partial charge in [-0.1, -0.05) is 0 Å². The van der Waals surface area contributed by atoms with Crippen molar-refractivity contribution >= 4 is 5.84 Å². The van der Waals surface area contributed by atoms with E-state index in [1.807, 2.05) is 6.92 Å². The molecule has 0 aliphatic carbocycles. The van der Waals surface area contributed by atoms with Crippen LogP contribution in [0.15, 0.2) is 0 Å². The van der Waals surface area contributed by atoms with Crippen LogP contribution in [0, 0.1) is 5.41 Å². The minimum absolute atomic E-state index is 0.731. The van der Waals surface area contributed by atoms with Gasteiger partial charge in [-0.15, -0.1) is 0 Å². The van der Waals surface area contributed by atoms with E-state index in [0.29, 0.717) is 0 Å². The summed E-state index contributed by atoms with van der Waals surface area (Å²) in [5, 5.41) is 7.31. The number of nitrogens with one attached hydrogen (secondary N) is 1. The number of nitrogens with zero attached hydrogens (tertiary/aromatic N) is 1. The molecule has 0 amide bonds. The summed E-state index contributed by atoms with van der Waals surface area (Å²) in [5.74, 6) is 0.731. The number of hydrogen-bond donors (Lipinski definition) is 1. The van der Waals surface area contributed by atoms with E-state index < -0.39 is 0 Å². The molecule has 1 aliphatic rings. The van der Waals surface area contributed by atoms with Gasteiger partial charge in [0, 0.05) is 13.1 Å². The van der Waals surface area contributed by atoms with Crippen LogP contribution in [0.1, 0.15) is 26.2 Å². The van der Waals surface area contributed by atoms with Crippen molar-refractivity contribution in [1.29, 1.82) is 5.41 Å². The highest BCUT2D eigenvalue weighted by Gasteiger charge is 2.08. The lowest BCUT2D eigenvalue weighted by Crippen LogP contribution is -2.33. The summed E-state index contributed by atoms with van der Waals surface area (Å²) in [5.41, 5.74) is 0. The highest BCUT2D eigenvalue weighted by molar-refractivity contribution is 5.76. The largest absolute Gasteiger partial charge is 0.361 e. The molecule has 0 unspecified atom stereocenters. The third-order valence-corrected chi connectivity index (χ3v) is 1.83. The number of hydrogen-bond acceptors (Lipinski definition) is 1. The number of likely N-dealkylation sites (tertiary alicyclic amines) is 1. The molecule has 1 aliphatic heterocycles. The van der Waals surface area contributed by atoms with E-state index >= 15 is 0 Å². The molecule has 9 heavy (non-hydrogen) atoms. The second kappa shape index (κ2) is 2.85. The molecule has 2 heteroatoms. The van der Waals surface area contributed by atoms with E-state index in [-0.39, 0.29) is 0 Å². The normalized spacial score (nSPS) is 19.9. The summed E-state index contributed by atoms with van der Waals surface area (Å²) in [6, 6.07) is 0. The van der Waals surface area contributed by atoms with Crippen molar-refractivity contribution in [3.8, 4) is 0 Å². The summed E-state index contributed by atoms with van der Waals surface area (Å²) in [4.78, 5) is 2.14.